The summed E-state index contributed by atoms with van der Waals surface area (Å²) in [5.41, 5.74) is 1.26. The third-order valence-electron chi connectivity index (χ3n) is 5.58. The van der Waals surface area contributed by atoms with Gasteiger partial charge in [-0.25, -0.2) is 0 Å². The van der Waals surface area contributed by atoms with Gasteiger partial charge in [-0.1, -0.05) is 13.8 Å². The third-order valence-corrected chi connectivity index (χ3v) is 5.58. The Kier molecular flexibility index (Phi) is 2.09. The number of hydrogen-bond acceptors (Lipinski definition) is 1. The molecule has 4 bridgehead atoms. The Morgan fingerprint density at radius 3 is 1.94 bits per heavy atom. The molecule has 2 heteroatoms. The van der Waals surface area contributed by atoms with Gasteiger partial charge in [0.1, 0.15) is 5.84 Å². The lowest BCUT2D eigenvalue weighted by atomic mass is 9.40. The van der Waals surface area contributed by atoms with Crippen LogP contribution in [0.3, 0.4) is 0 Å². The van der Waals surface area contributed by atoms with Crippen molar-refractivity contribution in [2.24, 2.45) is 22.2 Å². The minimum absolute atomic E-state index is 0.215. The zero-order valence-electron chi connectivity index (χ0n) is 11.8. The van der Waals surface area contributed by atoms with Crippen LogP contribution >= 0.6 is 0 Å². The fourth-order valence-corrected chi connectivity index (χ4v) is 6.19. The van der Waals surface area contributed by atoms with Crippen molar-refractivity contribution in [3.63, 3.8) is 0 Å². The zero-order valence-corrected chi connectivity index (χ0v) is 11.8. The summed E-state index contributed by atoms with van der Waals surface area (Å²) < 4.78 is 0. The van der Waals surface area contributed by atoms with Crippen molar-refractivity contribution >= 4 is 5.84 Å². The lowest BCUT2D eigenvalue weighted by Crippen LogP contribution is -2.59. The van der Waals surface area contributed by atoms with Crippen LogP contribution in [0.25, 0.3) is 0 Å². The fourth-order valence-electron chi connectivity index (χ4n) is 6.19. The van der Waals surface area contributed by atoms with Crippen molar-refractivity contribution < 1.29 is 0 Å². The van der Waals surface area contributed by atoms with E-state index in [1.165, 1.54) is 38.5 Å². The highest BCUT2D eigenvalue weighted by molar-refractivity contribution is 5.85. The maximum atomic E-state index is 8.52. The Bertz CT molecular complexity index is 353. The van der Waals surface area contributed by atoms with Crippen LogP contribution in [-0.4, -0.2) is 24.8 Å². The van der Waals surface area contributed by atoms with E-state index in [1.54, 1.807) is 0 Å². The first kappa shape index (κ1) is 11.6. The summed E-state index contributed by atoms with van der Waals surface area (Å²) in [6.07, 6.45) is 8.07. The van der Waals surface area contributed by atoms with Crippen LogP contribution in [0.4, 0.5) is 0 Å². The van der Waals surface area contributed by atoms with E-state index < -0.39 is 0 Å². The van der Waals surface area contributed by atoms with Crippen LogP contribution in [-0.2, 0) is 0 Å². The predicted octanol–water partition coefficient (Wildman–Crippen LogP) is 3.52. The van der Waals surface area contributed by atoms with E-state index in [1.807, 2.05) is 14.1 Å². The van der Waals surface area contributed by atoms with Gasteiger partial charge in [-0.3, -0.25) is 5.41 Å². The minimum Gasteiger partial charge on any atom is -0.366 e. The van der Waals surface area contributed by atoms with E-state index in [4.69, 9.17) is 5.41 Å². The van der Waals surface area contributed by atoms with Gasteiger partial charge in [-0.05, 0) is 55.3 Å². The first-order valence-corrected chi connectivity index (χ1v) is 7.02. The highest BCUT2D eigenvalue weighted by Crippen LogP contribution is 2.69. The lowest BCUT2D eigenvalue weighted by molar-refractivity contribution is -0.119. The van der Waals surface area contributed by atoms with Gasteiger partial charge in [-0.2, -0.15) is 0 Å². The zero-order chi connectivity index (χ0) is 12.5. The van der Waals surface area contributed by atoms with Crippen LogP contribution in [0, 0.1) is 27.6 Å². The van der Waals surface area contributed by atoms with Crippen molar-refractivity contribution in [3.05, 3.63) is 0 Å². The number of nitrogens with zero attached hydrogens (tertiary/aromatic N) is 1. The van der Waals surface area contributed by atoms with Gasteiger partial charge in [0.25, 0.3) is 0 Å². The van der Waals surface area contributed by atoms with Crippen LogP contribution in [0.5, 0.6) is 0 Å². The van der Waals surface area contributed by atoms with Crippen LogP contribution in [0.15, 0.2) is 0 Å². The number of hydrogen-bond donors (Lipinski definition) is 1. The van der Waals surface area contributed by atoms with E-state index in [2.05, 4.69) is 18.7 Å². The Balaban J connectivity index is 2.00. The average molecular weight is 234 g/mol. The van der Waals surface area contributed by atoms with Crippen molar-refractivity contribution in [1.82, 2.24) is 4.90 Å². The lowest BCUT2D eigenvalue weighted by Gasteiger charge is -2.65. The molecule has 4 aliphatic rings. The largest absolute Gasteiger partial charge is 0.366 e. The molecule has 17 heavy (non-hydrogen) atoms. The molecule has 0 spiro atoms. The van der Waals surface area contributed by atoms with Crippen LogP contribution < -0.4 is 0 Å². The van der Waals surface area contributed by atoms with E-state index in [9.17, 15) is 0 Å². The second-order valence-corrected chi connectivity index (χ2v) is 8.15. The fraction of sp³-hybridized carbons (Fsp3) is 0.933. The molecule has 2 atom stereocenters. The third kappa shape index (κ3) is 1.56. The maximum absolute atomic E-state index is 8.52. The van der Waals surface area contributed by atoms with Gasteiger partial charge in [0.2, 0.25) is 0 Å². The summed E-state index contributed by atoms with van der Waals surface area (Å²) in [4.78, 5) is 2.06. The van der Waals surface area contributed by atoms with Crippen molar-refractivity contribution in [1.29, 1.82) is 5.41 Å². The molecule has 4 saturated carbocycles. The van der Waals surface area contributed by atoms with Gasteiger partial charge in [0.15, 0.2) is 0 Å². The molecule has 2 unspecified atom stereocenters. The second-order valence-electron chi connectivity index (χ2n) is 8.15. The second kappa shape index (κ2) is 3.07. The monoisotopic (exact) mass is 234 g/mol. The van der Waals surface area contributed by atoms with Crippen LogP contribution in [0.1, 0.15) is 52.4 Å². The average Bonchev–Trinajstić information content (AvgIpc) is 2.10. The normalized spacial score (nSPS) is 51.6. The molecular weight excluding hydrogens is 208 g/mol. The summed E-state index contributed by atoms with van der Waals surface area (Å²) in [6.45, 7) is 4.96. The van der Waals surface area contributed by atoms with Gasteiger partial charge in [0, 0.05) is 19.5 Å². The molecule has 0 aromatic heterocycles. The molecule has 96 valence electrons. The SMILES string of the molecule is CN(C)C(=N)C12CC3CC(C)(CC(C)(C3)C1)C2. The van der Waals surface area contributed by atoms with E-state index in [0.29, 0.717) is 10.8 Å². The topological polar surface area (TPSA) is 27.1 Å². The molecule has 0 saturated heterocycles. The Labute approximate surface area is 105 Å². The van der Waals surface area contributed by atoms with E-state index >= 15 is 0 Å². The molecule has 0 aromatic carbocycles. The number of nitrogens with one attached hydrogen (secondary N) is 1. The summed E-state index contributed by atoms with van der Waals surface area (Å²) in [5.74, 6) is 1.79. The van der Waals surface area contributed by atoms with Gasteiger partial charge in [-0.15, -0.1) is 0 Å². The highest BCUT2D eigenvalue weighted by Gasteiger charge is 2.61. The first-order valence-electron chi connectivity index (χ1n) is 7.02. The Morgan fingerprint density at radius 2 is 1.53 bits per heavy atom. The molecule has 0 radical (unpaired) electrons. The molecule has 0 amide bonds. The molecule has 4 aliphatic carbocycles. The maximum Gasteiger partial charge on any atom is 0.102 e. The van der Waals surface area contributed by atoms with Crippen LogP contribution in [0.2, 0.25) is 0 Å². The van der Waals surface area contributed by atoms with Crippen molar-refractivity contribution in [2.45, 2.75) is 52.4 Å². The van der Waals surface area contributed by atoms with Crippen molar-refractivity contribution in [2.75, 3.05) is 14.1 Å². The molecule has 0 aromatic rings. The molecule has 0 aliphatic heterocycles. The van der Waals surface area contributed by atoms with Gasteiger partial charge in [0.05, 0.1) is 0 Å². The van der Waals surface area contributed by atoms with Gasteiger partial charge >= 0.3 is 0 Å². The molecule has 2 nitrogen and oxygen atoms in total. The first-order chi connectivity index (χ1) is 7.76. The van der Waals surface area contributed by atoms with Gasteiger partial charge < -0.3 is 4.90 Å². The Hall–Kier alpha value is -0.530. The standard InChI is InChI=1S/C15H26N2/c1-13-5-11-6-14(2,8-13)10-15(7-11,9-13)12(16)17(3)4/h11,16H,5-10H2,1-4H3. The number of amidine groups is 1. The molecular formula is C15H26N2. The quantitative estimate of drug-likeness (QED) is 0.545. The summed E-state index contributed by atoms with van der Waals surface area (Å²) >= 11 is 0. The summed E-state index contributed by atoms with van der Waals surface area (Å²) in [5, 5.41) is 8.52. The molecule has 0 heterocycles. The smallest absolute Gasteiger partial charge is 0.102 e. The predicted molar refractivity (Wildman–Crippen MR) is 71.3 cm³/mol. The minimum atomic E-state index is 0.215. The Morgan fingerprint density at radius 1 is 1.00 bits per heavy atom. The van der Waals surface area contributed by atoms with E-state index in [-0.39, 0.29) is 5.41 Å². The molecule has 4 rings (SSSR count). The summed E-state index contributed by atoms with van der Waals surface area (Å²) in [7, 11) is 4.09. The number of rotatable bonds is 1. The highest BCUT2D eigenvalue weighted by atomic mass is 15.1. The van der Waals surface area contributed by atoms with Crippen molar-refractivity contribution in [3.8, 4) is 0 Å². The molecule has 4 fully saturated rings. The van der Waals surface area contributed by atoms with E-state index in [0.717, 1.165) is 11.8 Å². The summed E-state index contributed by atoms with van der Waals surface area (Å²) in [6, 6.07) is 0. The molecule has 1 N–H and O–H groups in total.